The van der Waals surface area contributed by atoms with Crippen LogP contribution in [-0.2, 0) is 15.6 Å². The Morgan fingerprint density at radius 1 is 1.07 bits per heavy atom. The number of rotatable bonds is 1. The zero-order valence-corrected chi connectivity index (χ0v) is 10.0. The summed E-state index contributed by atoms with van der Waals surface area (Å²) < 4.78 is 12.1. The third kappa shape index (κ3) is 1.42. The van der Waals surface area contributed by atoms with Gasteiger partial charge in [0.25, 0.3) is 0 Å². The summed E-state index contributed by atoms with van der Waals surface area (Å²) in [6.07, 6.45) is 7.21. The van der Waals surface area contributed by atoms with Gasteiger partial charge in [0.15, 0.2) is 0 Å². The fraction of sp³-hybridized carbons (Fsp3) is 0.917. The summed E-state index contributed by atoms with van der Waals surface area (Å²) in [6.45, 7) is 1.49. The van der Waals surface area contributed by atoms with E-state index < -0.39 is 10.8 Å². The molecule has 4 bridgehead atoms. The Kier molecular flexibility index (Phi) is 2.11. The largest absolute Gasteiger partial charge is 0.285 e. The topological polar surface area (TPSA) is 34.1 Å². The summed E-state index contributed by atoms with van der Waals surface area (Å²) >= 11 is 0. The maximum absolute atomic E-state index is 12.2. The van der Waals surface area contributed by atoms with E-state index >= 15 is 0 Å². The molecule has 84 valence electrons. The van der Waals surface area contributed by atoms with Crippen LogP contribution in [0.25, 0.3) is 0 Å². The average molecular weight is 226 g/mol. The van der Waals surface area contributed by atoms with Crippen LogP contribution in [0.3, 0.4) is 0 Å². The summed E-state index contributed by atoms with van der Waals surface area (Å²) in [5, 5.41) is -0.100. The van der Waals surface area contributed by atoms with Crippen molar-refractivity contribution in [3.63, 3.8) is 0 Å². The van der Waals surface area contributed by atoms with Gasteiger partial charge in [-0.15, -0.1) is 0 Å². The first-order valence-corrected chi connectivity index (χ1v) is 7.16. The molecule has 1 atom stereocenters. The van der Waals surface area contributed by atoms with Gasteiger partial charge in [-0.25, -0.2) is 0 Å². The normalized spacial score (nSPS) is 49.3. The lowest BCUT2D eigenvalue weighted by Crippen LogP contribution is -2.53. The average Bonchev–Trinajstić information content (AvgIpc) is 2.14. The van der Waals surface area contributed by atoms with Crippen LogP contribution in [0.2, 0.25) is 0 Å². The summed E-state index contributed by atoms with van der Waals surface area (Å²) in [5.41, 5.74) is 0. The Morgan fingerprint density at radius 3 is 1.80 bits per heavy atom. The molecule has 0 saturated heterocycles. The number of carbonyl (C=O) groups is 1. The van der Waals surface area contributed by atoms with Crippen LogP contribution in [0.15, 0.2) is 0 Å². The summed E-state index contributed by atoms with van der Waals surface area (Å²) in [7, 11) is -1.22. The molecule has 3 heteroatoms. The van der Waals surface area contributed by atoms with Gasteiger partial charge in [0.2, 0.25) is 5.12 Å². The highest BCUT2D eigenvalue weighted by atomic mass is 32.2. The Balaban J connectivity index is 1.93. The molecule has 1 unspecified atom stereocenters. The van der Waals surface area contributed by atoms with E-state index in [1.165, 1.54) is 26.2 Å². The fourth-order valence-electron chi connectivity index (χ4n) is 4.56. The predicted octanol–water partition coefficient (Wildman–Crippen LogP) is 2.25. The van der Waals surface area contributed by atoms with Gasteiger partial charge in [0.1, 0.15) is 0 Å². The van der Waals surface area contributed by atoms with Crippen LogP contribution in [0.4, 0.5) is 0 Å². The van der Waals surface area contributed by atoms with Gasteiger partial charge < -0.3 is 0 Å². The molecule has 4 aliphatic carbocycles. The summed E-state index contributed by atoms with van der Waals surface area (Å²) in [6, 6.07) is 0. The number of carbonyl (C=O) groups excluding carboxylic acids is 1. The molecule has 0 radical (unpaired) electrons. The van der Waals surface area contributed by atoms with Crippen molar-refractivity contribution < 1.29 is 9.00 Å². The second-order valence-electron chi connectivity index (χ2n) is 5.86. The van der Waals surface area contributed by atoms with Gasteiger partial charge in [0, 0.05) is 6.92 Å². The molecule has 0 aromatic heterocycles. The van der Waals surface area contributed by atoms with Crippen molar-refractivity contribution in [1.29, 1.82) is 0 Å². The molecule has 0 spiro atoms. The second kappa shape index (κ2) is 3.16. The molecule has 15 heavy (non-hydrogen) atoms. The van der Waals surface area contributed by atoms with Gasteiger partial charge in [-0.1, -0.05) is 0 Å². The van der Waals surface area contributed by atoms with E-state index in [-0.39, 0.29) is 9.86 Å². The second-order valence-corrected chi connectivity index (χ2v) is 7.84. The molecule has 4 aliphatic rings. The van der Waals surface area contributed by atoms with Crippen LogP contribution < -0.4 is 0 Å². The molecule has 0 N–H and O–H groups in total. The first-order valence-electron chi connectivity index (χ1n) is 6.01. The molecule has 2 nitrogen and oxygen atoms in total. The third-order valence-electron chi connectivity index (χ3n) is 4.64. The minimum absolute atomic E-state index is 0.0966. The molecule has 0 aromatic carbocycles. The maximum Gasteiger partial charge on any atom is 0.216 e. The summed E-state index contributed by atoms with van der Waals surface area (Å²) in [5.74, 6) is 2.33. The van der Waals surface area contributed by atoms with Crippen molar-refractivity contribution in [2.24, 2.45) is 17.8 Å². The van der Waals surface area contributed by atoms with E-state index in [1.807, 2.05) is 0 Å². The SMILES string of the molecule is CC(=O)S(=O)C12CC3CC(CC(C3)C1)C2. The maximum atomic E-state index is 12.2. The lowest BCUT2D eigenvalue weighted by Gasteiger charge is -2.55. The van der Waals surface area contributed by atoms with Crippen molar-refractivity contribution >= 4 is 15.9 Å². The highest BCUT2D eigenvalue weighted by molar-refractivity contribution is 8.01. The van der Waals surface area contributed by atoms with Crippen LogP contribution in [0.1, 0.15) is 45.4 Å². The van der Waals surface area contributed by atoms with E-state index in [0.29, 0.717) is 0 Å². The van der Waals surface area contributed by atoms with Crippen molar-refractivity contribution in [2.75, 3.05) is 0 Å². The molecule has 0 amide bonds. The molecular formula is C12H18O2S. The van der Waals surface area contributed by atoms with Gasteiger partial charge in [0.05, 0.1) is 15.5 Å². The highest BCUT2D eigenvalue weighted by Gasteiger charge is 2.54. The van der Waals surface area contributed by atoms with Crippen molar-refractivity contribution in [3.8, 4) is 0 Å². The van der Waals surface area contributed by atoms with Gasteiger partial charge >= 0.3 is 0 Å². The molecule has 4 saturated carbocycles. The quantitative estimate of drug-likeness (QED) is 0.687. The highest BCUT2D eigenvalue weighted by Crippen LogP contribution is 2.57. The van der Waals surface area contributed by atoms with Crippen LogP contribution in [-0.4, -0.2) is 14.1 Å². The van der Waals surface area contributed by atoms with E-state index in [4.69, 9.17) is 0 Å². The number of hydrogen-bond acceptors (Lipinski definition) is 2. The van der Waals surface area contributed by atoms with Crippen molar-refractivity contribution in [2.45, 2.75) is 50.2 Å². The molecular weight excluding hydrogens is 208 g/mol. The van der Waals surface area contributed by atoms with Gasteiger partial charge in [-0.3, -0.25) is 9.00 Å². The van der Waals surface area contributed by atoms with Crippen LogP contribution >= 0.6 is 0 Å². The Bertz CT molecular complexity index is 299. The Labute approximate surface area is 93.3 Å². The molecule has 4 fully saturated rings. The predicted molar refractivity (Wildman–Crippen MR) is 59.7 cm³/mol. The zero-order chi connectivity index (χ0) is 10.6. The van der Waals surface area contributed by atoms with E-state index in [9.17, 15) is 9.00 Å². The molecule has 0 heterocycles. The minimum Gasteiger partial charge on any atom is -0.285 e. The Morgan fingerprint density at radius 2 is 1.47 bits per heavy atom. The standard InChI is InChI=1S/C12H18O2S/c1-8(13)15(14)12-5-9-2-10(6-12)4-11(3-9)7-12/h9-11H,2-7H2,1H3. The van der Waals surface area contributed by atoms with E-state index in [1.54, 1.807) is 0 Å². The number of hydrogen-bond donors (Lipinski definition) is 0. The zero-order valence-electron chi connectivity index (χ0n) is 9.20. The van der Waals surface area contributed by atoms with Crippen LogP contribution in [0.5, 0.6) is 0 Å². The van der Waals surface area contributed by atoms with Gasteiger partial charge in [-0.05, 0) is 56.3 Å². The lowest BCUT2D eigenvalue weighted by atomic mass is 9.56. The van der Waals surface area contributed by atoms with Crippen molar-refractivity contribution in [1.82, 2.24) is 0 Å². The minimum atomic E-state index is -1.22. The van der Waals surface area contributed by atoms with E-state index in [0.717, 1.165) is 37.0 Å². The third-order valence-corrected chi connectivity index (χ3v) is 6.45. The lowest BCUT2D eigenvalue weighted by molar-refractivity contribution is -0.109. The van der Waals surface area contributed by atoms with E-state index in [2.05, 4.69) is 0 Å². The fourth-order valence-corrected chi connectivity index (χ4v) is 6.33. The smallest absolute Gasteiger partial charge is 0.216 e. The first-order chi connectivity index (χ1) is 7.09. The molecule has 4 rings (SSSR count). The molecule has 0 aromatic rings. The van der Waals surface area contributed by atoms with Gasteiger partial charge in [-0.2, -0.15) is 0 Å². The Hall–Kier alpha value is -0.180. The first kappa shape index (κ1) is 10.0. The van der Waals surface area contributed by atoms with Crippen molar-refractivity contribution in [3.05, 3.63) is 0 Å². The molecule has 0 aliphatic heterocycles. The monoisotopic (exact) mass is 226 g/mol. The van der Waals surface area contributed by atoms with Crippen LogP contribution in [0, 0.1) is 17.8 Å². The summed E-state index contributed by atoms with van der Waals surface area (Å²) in [4.78, 5) is 11.4.